The van der Waals surface area contributed by atoms with E-state index in [0.717, 1.165) is 24.2 Å². The molecular weight excluding hydrogens is 268 g/mol. The fourth-order valence-corrected chi connectivity index (χ4v) is 3.81. The van der Waals surface area contributed by atoms with Crippen LogP contribution < -0.4 is 0 Å². The number of rotatable bonds is 6. The first-order valence-electron chi connectivity index (χ1n) is 6.40. The average Bonchev–Trinajstić information content (AvgIpc) is 2.39. The minimum absolute atomic E-state index is 0.779. The third-order valence-electron chi connectivity index (χ3n) is 2.57. The van der Waals surface area contributed by atoms with Crippen LogP contribution >= 0.6 is 0 Å². The van der Waals surface area contributed by atoms with Crippen LogP contribution in [0.3, 0.4) is 0 Å². The minimum Gasteiger partial charge on any atom is -0.504 e. The molecule has 0 heterocycles. The SMILES string of the molecule is CC[SiH](CC)OC(=O)N=NC(=O)O[SiH](CC)CC. The second kappa shape index (κ2) is 9.95. The first kappa shape index (κ1) is 17.0. The number of amides is 2. The van der Waals surface area contributed by atoms with Crippen molar-refractivity contribution in [2.24, 2.45) is 10.2 Å². The number of carbonyl (C=O) groups excluding carboxylic acids is 2. The van der Waals surface area contributed by atoms with Crippen molar-refractivity contribution in [3.05, 3.63) is 0 Å². The van der Waals surface area contributed by atoms with Gasteiger partial charge in [0, 0.05) is 0 Å². The molecule has 0 radical (unpaired) electrons. The molecule has 0 aliphatic rings. The van der Waals surface area contributed by atoms with Gasteiger partial charge in [-0.05, 0) is 24.2 Å². The van der Waals surface area contributed by atoms with Gasteiger partial charge in [0.15, 0.2) is 0 Å². The van der Waals surface area contributed by atoms with Gasteiger partial charge < -0.3 is 8.85 Å². The average molecular weight is 290 g/mol. The molecule has 0 N–H and O–H groups in total. The van der Waals surface area contributed by atoms with Crippen molar-refractivity contribution in [1.82, 2.24) is 0 Å². The van der Waals surface area contributed by atoms with Gasteiger partial charge in [0.05, 0.1) is 0 Å². The zero-order valence-corrected chi connectivity index (χ0v) is 13.8. The lowest BCUT2D eigenvalue weighted by Crippen LogP contribution is -2.19. The van der Waals surface area contributed by atoms with Gasteiger partial charge in [-0.3, -0.25) is 0 Å². The van der Waals surface area contributed by atoms with E-state index < -0.39 is 30.3 Å². The maximum Gasteiger partial charge on any atom is 0.438 e. The Bertz CT molecular complexity index is 264. The molecule has 0 saturated carbocycles. The number of nitrogens with zero attached hydrogens (tertiary/aromatic N) is 2. The van der Waals surface area contributed by atoms with Gasteiger partial charge >= 0.3 is 12.2 Å². The summed E-state index contributed by atoms with van der Waals surface area (Å²) in [5, 5.41) is 6.46. The number of azo groups is 1. The zero-order valence-electron chi connectivity index (χ0n) is 11.5. The molecule has 0 rings (SSSR count). The van der Waals surface area contributed by atoms with Gasteiger partial charge in [0.2, 0.25) is 18.1 Å². The Morgan fingerprint density at radius 1 is 0.778 bits per heavy atom. The summed E-state index contributed by atoms with van der Waals surface area (Å²) in [6, 6.07) is 3.40. The van der Waals surface area contributed by atoms with Crippen LogP contribution in [0.15, 0.2) is 10.2 Å². The molecule has 0 bridgehead atoms. The topological polar surface area (TPSA) is 77.3 Å². The summed E-state index contributed by atoms with van der Waals surface area (Å²) >= 11 is 0. The molecule has 8 heteroatoms. The highest BCUT2D eigenvalue weighted by atomic mass is 28.3. The van der Waals surface area contributed by atoms with Crippen LogP contribution in [0.2, 0.25) is 24.2 Å². The number of hydrogen-bond donors (Lipinski definition) is 0. The second-order valence-corrected chi connectivity index (χ2v) is 10.1. The lowest BCUT2D eigenvalue weighted by Gasteiger charge is -2.10. The van der Waals surface area contributed by atoms with Crippen molar-refractivity contribution in [3.63, 3.8) is 0 Å². The molecule has 2 amide bonds. The van der Waals surface area contributed by atoms with Gasteiger partial charge in [-0.1, -0.05) is 37.9 Å². The van der Waals surface area contributed by atoms with E-state index in [0.29, 0.717) is 0 Å². The van der Waals surface area contributed by atoms with E-state index in [4.69, 9.17) is 8.85 Å². The lowest BCUT2D eigenvalue weighted by atomic mass is 10.9. The van der Waals surface area contributed by atoms with Crippen LogP contribution in [0.1, 0.15) is 27.7 Å². The lowest BCUT2D eigenvalue weighted by molar-refractivity contribution is 0.200. The van der Waals surface area contributed by atoms with Gasteiger partial charge in [-0.2, -0.15) is 0 Å². The van der Waals surface area contributed by atoms with E-state index in [9.17, 15) is 9.59 Å². The smallest absolute Gasteiger partial charge is 0.438 e. The fraction of sp³-hybridized carbons (Fsp3) is 0.800. The van der Waals surface area contributed by atoms with Crippen molar-refractivity contribution in [1.29, 1.82) is 0 Å². The predicted octanol–water partition coefficient (Wildman–Crippen LogP) is 3.24. The monoisotopic (exact) mass is 290 g/mol. The van der Waals surface area contributed by atoms with Gasteiger partial charge in [0.25, 0.3) is 0 Å². The molecule has 104 valence electrons. The molecule has 0 saturated heterocycles. The van der Waals surface area contributed by atoms with Crippen LogP contribution in [-0.2, 0) is 8.85 Å². The molecule has 0 fully saturated rings. The Morgan fingerprint density at radius 2 is 1.06 bits per heavy atom. The maximum absolute atomic E-state index is 11.3. The molecule has 0 aromatic carbocycles. The van der Waals surface area contributed by atoms with Crippen LogP contribution in [0.25, 0.3) is 0 Å². The summed E-state index contributed by atoms with van der Waals surface area (Å²) in [6.07, 6.45) is -1.56. The van der Waals surface area contributed by atoms with Crippen LogP contribution in [0, 0.1) is 0 Å². The Hall–Kier alpha value is -1.03. The first-order valence-corrected chi connectivity index (χ1v) is 10.6. The van der Waals surface area contributed by atoms with Gasteiger partial charge in [-0.15, -0.1) is 0 Å². The van der Waals surface area contributed by atoms with Crippen molar-refractivity contribution >= 4 is 30.3 Å². The summed E-state index contributed by atoms with van der Waals surface area (Å²) in [6.45, 7) is 7.88. The molecule has 6 nitrogen and oxygen atoms in total. The molecule has 0 aliphatic heterocycles. The molecule has 0 aromatic heterocycles. The normalized spacial score (nSPS) is 11.2. The summed E-state index contributed by atoms with van der Waals surface area (Å²) in [7, 11) is -3.00. The second-order valence-electron chi connectivity index (χ2n) is 3.84. The highest BCUT2D eigenvalue weighted by Gasteiger charge is 2.14. The number of carbonyl (C=O) groups is 2. The van der Waals surface area contributed by atoms with Crippen molar-refractivity contribution in [2.75, 3.05) is 0 Å². The Balaban J connectivity index is 4.13. The number of hydrogen-bond acceptors (Lipinski definition) is 4. The summed E-state index contributed by atoms with van der Waals surface area (Å²) in [5.41, 5.74) is 0. The molecular formula is C10H22N2O4Si2. The highest BCUT2D eigenvalue weighted by molar-refractivity contribution is 6.54. The van der Waals surface area contributed by atoms with E-state index >= 15 is 0 Å². The molecule has 0 spiro atoms. The van der Waals surface area contributed by atoms with Crippen molar-refractivity contribution < 1.29 is 18.4 Å². The Kier molecular flexibility index (Phi) is 9.38. The van der Waals surface area contributed by atoms with Crippen molar-refractivity contribution in [3.8, 4) is 0 Å². The highest BCUT2D eigenvalue weighted by Crippen LogP contribution is 2.04. The fourth-order valence-electron chi connectivity index (χ4n) is 1.32. The zero-order chi connectivity index (χ0) is 14.0. The Labute approximate surface area is 111 Å². The largest absolute Gasteiger partial charge is 0.504 e. The first-order chi connectivity index (χ1) is 8.57. The van der Waals surface area contributed by atoms with Crippen LogP contribution in [0.4, 0.5) is 9.59 Å². The van der Waals surface area contributed by atoms with E-state index in [2.05, 4.69) is 10.2 Å². The minimum atomic E-state index is -1.50. The third-order valence-corrected chi connectivity index (χ3v) is 7.28. The van der Waals surface area contributed by atoms with Gasteiger partial charge in [0.1, 0.15) is 0 Å². The molecule has 18 heavy (non-hydrogen) atoms. The van der Waals surface area contributed by atoms with E-state index in [1.165, 1.54) is 0 Å². The molecule has 0 atom stereocenters. The summed E-state index contributed by atoms with van der Waals surface area (Å²) in [4.78, 5) is 22.5. The molecule has 0 aromatic rings. The van der Waals surface area contributed by atoms with Gasteiger partial charge in [-0.25, -0.2) is 9.59 Å². The van der Waals surface area contributed by atoms with E-state index in [1.807, 2.05) is 27.7 Å². The standard InChI is InChI=1S/C10H22N2O4Si2/c1-5-17(6-2)15-9(13)11-12-10(14)16-18(7-3)8-4/h17-18H,5-8H2,1-4H3. The molecule has 0 unspecified atom stereocenters. The predicted molar refractivity (Wildman–Crippen MR) is 74.0 cm³/mol. The molecule has 0 aliphatic carbocycles. The summed E-state index contributed by atoms with van der Waals surface area (Å²) in [5.74, 6) is 0. The maximum atomic E-state index is 11.3. The van der Waals surface area contributed by atoms with Crippen molar-refractivity contribution in [2.45, 2.75) is 51.9 Å². The van der Waals surface area contributed by atoms with Crippen LogP contribution in [0.5, 0.6) is 0 Å². The van der Waals surface area contributed by atoms with E-state index in [-0.39, 0.29) is 0 Å². The quantitative estimate of drug-likeness (QED) is 0.556. The van der Waals surface area contributed by atoms with Crippen LogP contribution in [-0.4, -0.2) is 30.3 Å². The Morgan fingerprint density at radius 3 is 1.28 bits per heavy atom. The summed E-state index contributed by atoms with van der Waals surface area (Å²) < 4.78 is 10.2. The van der Waals surface area contributed by atoms with E-state index in [1.54, 1.807) is 0 Å². The third kappa shape index (κ3) is 7.33.